The standard InChI is InChI=1S/C15H16ClF3N2O2/c16-12-4-2-1-3-10(12)8-21-9-11(7-14(21)23)20-13(22)5-6-15(17,18)19/h1-4,11H,5-9H2,(H,20,22)/t11-/m0/s1. The Balaban J connectivity index is 1.85. The number of amides is 2. The summed E-state index contributed by atoms with van der Waals surface area (Å²) in [6, 6.07) is 6.63. The molecule has 0 aromatic heterocycles. The smallest absolute Gasteiger partial charge is 0.351 e. The van der Waals surface area contributed by atoms with Crippen LogP contribution in [0.1, 0.15) is 24.8 Å². The molecule has 23 heavy (non-hydrogen) atoms. The van der Waals surface area contributed by atoms with Crippen LogP contribution in [0.15, 0.2) is 24.3 Å². The van der Waals surface area contributed by atoms with E-state index in [9.17, 15) is 22.8 Å². The van der Waals surface area contributed by atoms with Gasteiger partial charge in [0, 0.05) is 31.0 Å². The molecule has 1 aromatic rings. The third-order valence-electron chi connectivity index (χ3n) is 3.53. The van der Waals surface area contributed by atoms with E-state index in [-0.39, 0.29) is 18.9 Å². The van der Waals surface area contributed by atoms with Crippen LogP contribution in [0, 0.1) is 0 Å². The summed E-state index contributed by atoms with van der Waals surface area (Å²) < 4.78 is 36.2. The molecule has 0 radical (unpaired) electrons. The highest BCUT2D eigenvalue weighted by Gasteiger charge is 2.32. The summed E-state index contributed by atoms with van der Waals surface area (Å²) in [7, 11) is 0. The van der Waals surface area contributed by atoms with Crippen LogP contribution < -0.4 is 5.32 Å². The van der Waals surface area contributed by atoms with Gasteiger partial charge in [0.05, 0.1) is 12.5 Å². The van der Waals surface area contributed by atoms with Crippen LogP contribution >= 0.6 is 11.6 Å². The number of likely N-dealkylation sites (tertiary alicyclic amines) is 1. The maximum atomic E-state index is 12.1. The van der Waals surface area contributed by atoms with E-state index >= 15 is 0 Å². The molecule has 0 unspecified atom stereocenters. The molecule has 1 atom stereocenters. The highest BCUT2D eigenvalue weighted by Crippen LogP contribution is 2.22. The van der Waals surface area contributed by atoms with Gasteiger partial charge in [0.25, 0.3) is 0 Å². The first kappa shape index (κ1) is 17.6. The third-order valence-corrected chi connectivity index (χ3v) is 3.90. The third kappa shape index (κ3) is 5.42. The first-order valence-corrected chi connectivity index (χ1v) is 7.49. The van der Waals surface area contributed by atoms with Gasteiger partial charge in [0.2, 0.25) is 11.8 Å². The number of nitrogens with zero attached hydrogens (tertiary/aromatic N) is 1. The monoisotopic (exact) mass is 348 g/mol. The van der Waals surface area contributed by atoms with E-state index in [2.05, 4.69) is 5.32 Å². The van der Waals surface area contributed by atoms with Crippen molar-refractivity contribution in [3.05, 3.63) is 34.9 Å². The van der Waals surface area contributed by atoms with Gasteiger partial charge in [-0.05, 0) is 11.6 Å². The lowest BCUT2D eigenvalue weighted by Crippen LogP contribution is -2.37. The highest BCUT2D eigenvalue weighted by atomic mass is 35.5. The number of carbonyl (C=O) groups excluding carboxylic acids is 2. The molecule has 1 aliphatic rings. The van der Waals surface area contributed by atoms with Gasteiger partial charge in [0.15, 0.2) is 0 Å². The lowest BCUT2D eigenvalue weighted by atomic mass is 10.2. The largest absolute Gasteiger partial charge is 0.389 e. The zero-order valence-electron chi connectivity index (χ0n) is 12.2. The molecule has 0 bridgehead atoms. The molecule has 2 amide bonds. The van der Waals surface area contributed by atoms with E-state index < -0.39 is 31.0 Å². The molecule has 0 spiro atoms. The van der Waals surface area contributed by atoms with E-state index in [1.54, 1.807) is 24.3 Å². The van der Waals surface area contributed by atoms with Crippen molar-refractivity contribution >= 4 is 23.4 Å². The molecule has 0 aliphatic carbocycles. The van der Waals surface area contributed by atoms with Crippen molar-refractivity contribution in [2.75, 3.05) is 6.54 Å². The van der Waals surface area contributed by atoms with Crippen molar-refractivity contribution in [3.63, 3.8) is 0 Å². The van der Waals surface area contributed by atoms with Gasteiger partial charge in [-0.1, -0.05) is 29.8 Å². The number of carbonyl (C=O) groups is 2. The number of benzene rings is 1. The van der Waals surface area contributed by atoms with Gasteiger partial charge < -0.3 is 10.2 Å². The summed E-state index contributed by atoms with van der Waals surface area (Å²) >= 11 is 6.04. The van der Waals surface area contributed by atoms with Crippen molar-refractivity contribution in [1.82, 2.24) is 10.2 Å². The minimum absolute atomic E-state index is 0.0855. The van der Waals surface area contributed by atoms with Gasteiger partial charge in [-0.2, -0.15) is 13.2 Å². The summed E-state index contributed by atoms with van der Waals surface area (Å²) in [6.07, 6.45) is -6.07. The highest BCUT2D eigenvalue weighted by molar-refractivity contribution is 6.31. The molecule has 126 valence electrons. The Morgan fingerprint density at radius 3 is 2.70 bits per heavy atom. The van der Waals surface area contributed by atoms with Crippen molar-refractivity contribution in [3.8, 4) is 0 Å². The lowest BCUT2D eigenvalue weighted by molar-refractivity contribution is -0.144. The summed E-state index contributed by atoms with van der Waals surface area (Å²) in [5.41, 5.74) is 0.784. The lowest BCUT2D eigenvalue weighted by Gasteiger charge is -2.18. The van der Waals surface area contributed by atoms with E-state index in [1.165, 1.54) is 4.90 Å². The predicted octanol–water partition coefficient (Wildman–Crippen LogP) is 2.90. The van der Waals surface area contributed by atoms with Crippen LogP contribution in [0.2, 0.25) is 5.02 Å². The topological polar surface area (TPSA) is 49.4 Å². The zero-order valence-corrected chi connectivity index (χ0v) is 13.0. The van der Waals surface area contributed by atoms with Gasteiger partial charge in [-0.25, -0.2) is 0 Å². The van der Waals surface area contributed by atoms with Crippen LogP contribution in [-0.4, -0.2) is 35.5 Å². The Hall–Kier alpha value is -1.76. The van der Waals surface area contributed by atoms with Gasteiger partial charge in [0.1, 0.15) is 0 Å². The van der Waals surface area contributed by atoms with Gasteiger partial charge in [-0.15, -0.1) is 0 Å². The molecule has 1 aliphatic heterocycles. The first-order chi connectivity index (χ1) is 10.7. The van der Waals surface area contributed by atoms with Crippen molar-refractivity contribution in [2.24, 2.45) is 0 Å². The Morgan fingerprint density at radius 1 is 1.35 bits per heavy atom. The number of nitrogens with one attached hydrogen (secondary N) is 1. The second kappa shape index (κ2) is 7.21. The van der Waals surface area contributed by atoms with Gasteiger partial charge in [-0.3, -0.25) is 9.59 Å². The number of rotatable bonds is 5. The molecule has 1 heterocycles. The maximum absolute atomic E-state index is 12.1. The Labute approximate surface area is 136 Å². The molecule has 0 saturated carbocycles. The SMILES string of the molecule is O=C(CCC(F)(F)F)N[C@H]1CC(=O)N(Cc2ccccc2Cl)C1. The molecule has 1 aromatic carbocycles. The second-order valence-electron chi connectivity index (χ2n) is 5.45. The Morgan fingerprint density at radius 2 is 2.04 bits per heavy atom. The van der Waals surface area contributed by atoms with Crippen LogP contribution in [0.25, 0.3) is 0 Å². The minimum atomic E-state index is -4.36. The number of hydrogen-bond donors (Lipinski definition) is 1. The number of hydrogen-bond acceptors (Lipinski definition) is 2. The predicted molar refractivity (Wildman–Crippen MR) is 78.7 cm³/mol. The van der Waals surface area contributed by atoms with E-state index in [4.69, 9.17) is 11.6 Å². The van der Waals surface area contributed by atoms with Crippen molar-refractivity contribution in [2.45, 2.75) is 38.0 Å². The average molecular weight is 349 g/mol. The first-order valence-electron chi connectivity index (χ1n) is 7.12. The molecular weight excluding hydrogens is 333 g/mol. The Bertz CT molecular complexity index is 592. The number of alkyl halides is 3. The summed E-state index contributed by atoms with van der Waals surface area (Å²) in [5.74, 6) is -0.856. The van der Waals surface area contributed by atoms with Crippen LogP contribution in [0.4, 0.5) is 13.2 Å². The van der Waals surface area contributed by atoms with E-state index in [1.807, 2.05) is 0 Å². The van der Waals surface area contributed by atoms with Crippen LogP contribution in [0.5, 0.6) is 0 Å². The zero-order chi connectivity index (χ0) is 17.0. The molecular formula is C15H16ClF3N2O2. The summed E-state index contributed by atoms with van der Waals surface area (Å²) in [5, 5.41) is 3.02. The molecule has 8 heteroatoms. The number of halogens is 4. The fourth-order valence-electron chi connectivity index (χ4n) is 2.41. The van der Waals surface area contributed by atoms with Crippen LogP contribution in [0.3, 0.4) is 0 Å². The molecule has 1 fully saturated rings. The molecule has 1 saturated heterocycles. The molecule has 4 nitrogen and oxygen atoms in total. The van der Waals surface area contributed by atoms with E-state index in [0.29, 0.717) is 11.6 Å². The molecule has 2 rings (SSSR count). The normalized spacial score (nSPS) is 18.3. The van der Waals surface area contributed by atoms with Crippen molar-refractivity contribution in [1.29, 1.82) is 0 Å². The van der Waals surface area contributed by atoms with Gasteiger partial charge >= 0.3 is 6.18 Å². The quantitative estimate of drug-likeness (QED) is 0.889. The summed E-state index contributed by atoms with van der Waals surface area (Å²) in [4.78, 5) is 25.0. The van der Waals surface area contributed by atoms with E-state index in [0.717, 1.165) is 5.56 Å². The average Bonchev–Trinajstić information content (AvgIpc) is 2.78. The van der Waals surface area contributed by atoms with Crippen LogP contribution in [-0.2, 0) is 16.1 Å². The Kier molecular flexibility index (Phi) is 5.51. The minimum Gasteiger partial charge on any atom is -0.351 e. The fraction of sp³-hybridized carbons (Fsp3) is 0.467. The van der Waals surface area contributed by atoms with Crippen molar-refractivity contribution < 1.29 is 22.8 Å². The second-order valence-corrected chi connectivity index (χ2v) is 5.86. The summed E-state index contributed by atoms with van der Waals surface area (Å²) in [6.45, 7) is 0.579. The maximum Gasteiger partial charge on any atom is 0.389 e. The fourth-order valence-corrected chi connectivity index (χ4v) is 2.60. The molecule has 1 N–H and O–H groups in total.